The van der Waals surface area contributed by atoms with Gasteiger partial charge in [-0.1, -0.05) is 42.8 Å². The fourth-order valence-electron chi connectivity index (χ4n) is 4.77. The van der Waals surface area contributed by atoms with Crippen LogP contribution in [0.4, 0.5) is 0 Å². The smallest absolute Gasteiger partial charge is 0.261 e. The van der Waals surface area contributed by atoms with Crippen LogP contribution in [-0.4, -0.2) is 40.5 Å². The molecular weight excluding hydrogens is 414 g/mol. The van der Waals surface area contributed by atoms with Gasteiger partial charge in [-0.15, -0.1) is 0 Å². The van der Waals surface area contributed by atoms with Crippen molar-refractivity contribution in [3.63, 3.8) is 0 Å². The fourth-order valence-corrected chi connectivity index (χ4v) is 4.77. The van der Waals surface area contributed by atoms with Gasteiger partial charge in [-0.3, -0.25) is 14.6 Å². The molecule has 1 aliphatic heterocycles. The molecule has 0 saturated carbocycles. The Morgan fingerprint density at radius 1 is 1.06 bits per heavy atom. The number of ether oxygens (including phenoxy) is 1. The van der Waals surface area contributed by atoms with E-state index in [9.17, 15) is 9.59 Å². The van der Waals surface area contributed by atoms with Crippen molar-refractivity contribution in [3.05, 3.63) is 98.7 Å². The van der Waals surface area contributed by atoms with E-state index >= 15 is 0 Å². The monoisotopic (exact) mass is 443 g/mol. The first-order valence-electron chi connectivity index (χ1n) is 11.8. The molecule has 5 rings (SSSR count). The number of morpholine rings is 1. The Morgan fingerprint density at radius 3 is 2.79 bits per heavy atom. The minimum atomic E-state index is -0.307. The van der Waals surface area contributed by atoms with Gasteiger partial charge < -0.3 is 14.6 Å². The van der Waals surface area contributed by atoms with E-state index in [1.165, 1.54) is 5.56 Å². The Morgan fingerprint density at radius 2 is 1.91 bits per heavy atom. The zero-order chi connectivity index (χ0) is 22.6. The summed E-state index contributed by atoms with van der Waals surface area (Å²) in [6.45, 7) is 1.27. The molecule has 3 heterocycles. The summed E-state index contributed by atoms with van der Waals surface area (Å²) in [6, 6.07) is 18.0. The van der Waals surface area contributed by atoms with Gasteiger partial charge in [0.25, 0.3) is 11.5 Å². The average Bonchev–Trinajstić information content (AvgIpc) is 3.09. The first-order valence-corrected chi connectivity index (χ1v) is 11.8. The maximum atomic E-state index is 13.3. The van der Waals surface area contributed by atoms with Crippen LogP contribution in [0.25, 0.3) is 0 Å². The van der Waals surface area contributed by atoms with Crippen molar-refractivity contribution in [3.8, 4) is 0 Å². The van der Waals surface area contributed by atoms with Crippen LogP contribution in [0.1, 0.15) is 63.9 Å². The van der Waals surface area contributed by atoms with Crippen molar-refractivity contribution in [2.24, 2.45) is 0 Å². The van der Waals surface area contributed by atoms with Gasteiger partial charge in [0.1, 0.15) is 11.7 Å². The lowest BCUT2D eigenvalue weighted by atomic mass is 10.0. The number of amides is 1. The third-order valence-electron chi connectivity index (χ3n) is 6.56. The molecule has 1 saturated heterocycles. The minimum absolute atomic E-state index is 0.225. The molecule has 1 amide bonds. The third-order valence-corrected chi connectivity index (χ3v) is 6.56. The number of carbonyl (C=O) groups is 1. The van der Waals surface area contributed by atoms with Crippen LogP contribution in [0.15, 0.2) is 59.4 Å². The molecule has 2 aliphatic rings. The molecule has 170 valence electrons. The quantitative estimate of drug-likeness (QED) is 0.622. The second kappa shape index (κ2) is 9.71. The molecule has 6 nitrogen and oxygen atoms in total. The van der Waals surface area contributed by atoms with Crippen LogP contribution in [0.5, 0.6) is 0 Å². The third kappa shape index (κ3) is 4.91. The van der Waals surface area contributed by atoms with E-state index in [0.29, 0.717) is 19.7 Å². The van der Waals surface area contributed by atoms with Gasteiger partial charge in [0.15, 0.2) is 0 Å². The Kier molecular flexibility index (Phi) is 6.35. The van der Waals surface area contributed by atoms with Gasteiger partial charge in [0.2, 0.25) is 0 Å². The Balaban J connectivity index is 1.33. The number of rotatable bonds is 4. The summed E-state index contributed by atoms with van der Waals surface area (Å²) in [7, 11) is 0. The zero-order valence-electron chi connectivity index (χ0n) is 18.8. The van der Waals surface area contributed by atoms with Crippen molar-refractivity contribution in [1.82, 2.24) is 14.9 Å². The fraction of sp³-hybridized carbons (Fsp3) is 0.370. The van der Waals surface area contributed by atoms with E-state index < -0.39 is 0 Å². The number of aromatic amines is 1. The Hall–Kier alpha value is -3.25. The van der Waals surface area contributed by atoms with E-state index in [-0.39, 0.29) is 23.1 Å². The van der Waals surface area contributed by atoms with Crippen molar-refractivity contribution in [2.45, 2.75) is 44.6 Å². The number of nitrogens with zero attached hydrogens (tertiary/aromatic N) is 2. The average molecular weight is 444 g/mol. The van der Waals surface area contributed by atoms with Gasteiger partial charge in [0, 0.05) is 24.4 Å². The van der Waals surface area contributed by atoms with Crippen molar-refractivity contribution in [1.29, 1.82) is 0 Å². The molecule has 1 fully saturated rings. The molecule has 33 heavy (non-hydrogen) atoms. The second-order valence-corrected chi connectivity index (χ2v) is 8.90. The lowest BCUT2D eigenvalue weighted by molar-refractivity contribution is -0.0248. The number of hydrogen-bond acceptors (Lipinski definition) is 4. The summed E-state index contributed by atoms with van der Waals surface area (Å²) >= 11 is 0. The van der Waals surface area contributed by atoms with E-state index in [1.54, 1.807) is 4.90 Å². The van der Waals surface area contributed by atoms with Gasteiger partial charge in [-0.2, -0.15) is 0 Å². The van der Waals surface area contributed by atoms with Crippen LogP contribution in [0.2, 0.25) is 0 Å². The number of H-pyrrole nitrogens is 1. The molecule has 0 radical (unpaired) electrons. The molecule has 0 unspecified atom stereocenters. The van der Waals surface area contributed by atoms with Crippen LogP contribution in [0, 0.1) is 0 Å². The number of benzene rings is 1. The summed E-state index contributed by atoms with van der Waals surface area (Å²) in [5, 5.41) is 0. The highest BCUT2D eigenvalue weighted by atomic mass is 16.5. The van der Waals surface area contributed by atoms with Crippen LogP contribution in [0.3, 0.4) is 0 Å². The zero-order valence-corrected chi connectivity index (χ0v) is 18.8. The topological polar surface area (TPSA) is 75.3 Å². The Labute approximate surface area is 193 Å². The van der Waals surface area contributed by atoms with E-state index in [0.717, 1.165) is 61.2 Å². The standard InChI is InChI=1S/C27H29N3O3/c31-26-22(17-20-10-5-2-6-12-23(20)29-26)27(32)30-14-15-33-25(18-30)24-13-7-11-21(28-24)16-19-8-3-1-4-9-19/h1,3-4,7-9,11,13,17,25H,2,5-6,10,12,14-16,18H2,(H,29,31)/t25-/m1/s1. The molecule has 1 aromatic carbocycles. The highest BCUT2D eigenvalue weighted by Gasteiger charge is 2.29. The number of carbonyl (C=O) groups excluding carboxylic acids is 1. The molecule has 0 bridgehead atoms. The molecule has 3 aromatic rings. The highest BCUT2D eigenvalue weighted by molar-refractivity contribution is 5.94. The number of fused-ring (bicyclic) bond motifs is 1. The van der Waals surface area contributed by atoms with E-state index in [4.69, 9.17) is 9.72 Å². The summed E-state index contributed by atoms with van der Waals surface area (Å²) in [6.07, 6.45) is 5.56. The van der Waals surface area contributed by atoms with Gasteiger partial charge >= 0.3 is 0 Å². The largest absolute Gasteiger partial charge is 0.368 e. The minimum Gasteiger partial charge on any atom is -0.368 e. The summed E-state index contributed by atoms with van der Waals surface area (Å²) in [4.78, 5) is 35.5. The molecule has 1 aliphatic carbocycles. The van der Waals surface area contributed by atoms with Crippen LogP contribution < -0.4 is 5.56 Å². The first-order chi connectivity index (χ1) is 16.2. The lowest BCUT2D eigenvalue weighted by Gasteiger charge is -2.32. The summed E-state index contributed by atoms with van der Waals surface area (Å²) in [5.41, 5.74) is 5.04. The van der Waals surface area contributed by atoms with Crippen LogP contribution >= 0.6 is 0 Å². The molecular formula is C27H29N3O3. The molecule has 0 spiro atoms. The predicted molar refractivity (Wildman–Crippen MR) is 126 cm³/mol. The summed E-state index contributed by atoms with van der Waals surface area (Å²) in [5.74, 6) is -0.225. The highest BCUT2D eigenvalue weighted by Crippen LogP contribution is 2.24. The number of hydrogen-bond donors (Lipinski definition) is 1. The van der Waals surface area contributed by atoms with Crippen molar-refractivity contribution in [2.75, 3.05) is 19.7 Å². The number of pyridine rings is 2. The first kappa shape index (κ1) is 21.6. The molecule has 1 atom stereocenters. The Bertz CT molecular complexity index is 1190. The number of nitrogens with one attached hydrogen (secondary N) is 1. The molecule has 2 aromatic heterocycles. The molecule has 1 N–H and O–H groups in total. The van der Waals surface area contributed by atoms with Gasteiger partial charge in [-0.05, 0) is 55.0 Å². The maximum absolute atomic E-state index is 13.3. The van der Waals surface area contributed by atoms with Crippen molar-refractivity contribution >= 4 is 5.91 Å². The van der Waals surface area contributed by atoms with Crippen LogP contribution in [-0.2, 0) is 24.0 Å². The van der Waals surface area contributed by atoms with Gasteiger partial charge in [-0.25, -0.2) is 0 Å². The van der Waals surface area contributed by atoms with E-state index in [1.807, 2.05) is 42.5 Å². The van der Waals surface area contributed by atoms with Crippen molar-refractivity contribution < 1.29 is 9.53 Å². The number of aromatic nitrogens is 2. The molecule has 6 heteroatoms. The predicted octanol–water partition coefficient (Wildman–Crippen LogP) is 3.84. The van der Waals surface area contributed by atoms with E-state index in [2.05, 4.69) is 17.1 Å². The summed E-state index contributed by atoms with van der Waals surface area (Å²) < 4.78 is 5.98. The maximum Gasteiger partial charge on any atom is 0.261 e. The SMILES string of the molecule is O=C(c1cc2c([nH]c1=O)CCCCC2)N1CCO[C@@H](c2cccc(Cc3ccccc3)n2)C1. The normalized spacial score (nSPS) is 18.4. The lowest BCUT2D eigenvalue weighted by Crippen LogP contribution is -2.44. The number of aryl methyl sites for hydroxylation is 2. The van der Waals surface area contributed by atoms with Gasteiger partial charge in [0.05, 0.1) is 18.8 Å². The second-order valence-electron chi connectivity index (χ2n) is 8.90.